The van der Waals surface area contributed by atoms with Crippen LogP contribution in [-0.2, 0) is 29.0 Å². The van der Waals surface area contributed by atoms with Crippen molar-refractivity contribution in [2.24, 2.45) is 5.73 Å². The van der Waals surface area contributed by atoms with E-state index in [4.69, 9.17) is 20.6 Å². The van der Waals surface area contributed by atoms with E-state index in [1.807, 2.05) is 13.0 Å². The highest BCUT2D eigenvalue weighted by Crippen LogP contribution is 2.35. The lowest BCUT2D eigenvalue weighted by Crippen LogP contribution is -2.37. The molecule has 1 atom stereocenters. The first-order valence-corrected chi connectivity index (χ1v) is 12.0. The molecule has 0 spiro atoms. The number of para-hydroxylation sites is 1. The first-order chi connectivity index (χ1) is 16.5. The number of ether oxygens (including phenoxy) is 2. The van der Waals surface area contributed by atoms with Gasteiger partial charge in [-0.1, -0.05) is 67.8 Å². The van der Waals surface area contributed by atoms with Crippen LogP contribution in [0.2, 0.25) is 0 Å². The van der Waals surface area contributed by atoms with E-state index >= 15 is 0 Å². The average Bonchev–Trinajstić information content (AvgIpc) is 3.01. The van der Waals surface area contributed by atoms with Crippen LogP contribution in [0.4, 0.5) is 5.69 Å². The fourth-order valence-electron chi connectivity index (χ4n) is 4.48. The van der Waals surface area contributed by atoms with E-state index in [1.54, 1.807) is 6.08 Å². The maximum Gasteiger partial charge on any atom is 0.130 e. The number of nitrogens with zero attached hydrogens (tertiary/aromatic N) is 1. The average molecular weight is 460 g/mol. The van der Waals surface area contributed by atoms with Gasteiger partial charge in [0.1, 0.15) is 12.1 Å². The molecular formula is C29H37N3O2. The van der Waals surface area contributed by atoms with Crippen molar-refractivity contribution in [3.8, 4) is 0 Å². The quantitative estimate of drug-likeness (QED) is 0.246. The number of amidine groups is 1. The van der Waals surface area contributed by atoms with E-state index in [0.29, 0.717) is 25.4 Å². The van der Waals surface area contributed by atoms with Crippen molar-refractivity contribution >= 4 is 17.1 Å². The van der Waals surface area contributed by atoms with Gasteiger partial charge in [-0.25, -0.2) is 0 Å². The van der Waals surface area contributed by atoms with Gasteiger partial charge in [0.25, 0.3) is 0 Å². The Kier molecular flexibility index (Phi) is 9.25. The molecule has 2 aromatic rings. The first kappa shape index (κ1) is 25.5. The van der Waals surface area contributed by atoms with Crippen molar-refractivity contribution in [1.82, 2.24) is 0 Å². The van der Waals surface area contributed by atoms with Gasteiger partial charge < -0.3 is 20.1 Å². The molecule has 3 N–H and O–H groups in total. The molecule has 1 aliphatic heterocycles. The monoisotopic (exact) mass is 459 g/mol. The van der Waals surface area contributed by atoms with Crippen LogP contribution >= 0.6 is 0 Å². The van der Waals surface area contributed by atoms with Gasteiger partial charge in [-0.2, -0.15) is 0 Å². The molecule has 0 saturated carbocycles. The Morgan fingerprint density at radius 1 is 1.18 bits per heavy atom. The first-order valence-electron chi connectivity index (χ1n) is 12.0. The topological polar surface area (TPSA) is 71.6 Å². The Morgan fingerprint density at radius 2 is 1.94 bits per heavy atom. The minimum atomic E-state index is -0.0419. The molecule has 0 fully saturated rings. The number of nitrogens with one attached hydrogen (secondary N) is 1. The van der Waals surface area contributed by atoms with Gasteiger partial charge >= 0.3 is 0 Å². The van der Waals surface area contributed by atoms with Crippen LogP contribution < -0.4 is 10.6 Å². The molecular weight excluding hydrogens is 422 g/mol. The summed E-state index contributed by atoms with van der Waals surface area (Å²) >= 11 is 0. The predicted octanol–water partition coefficient (Wildman–Crippen LogP) is 5.99. The number of fused-ring (bicyclic) bond motifs is 1. The second kappa shape index (κ2) is 12.4. The van der Waals surface area contributed by atoms with Crippen LogP contribution in [-0.4, -0.2) is 25.3 Å². The summed E-state index contributed by atoms with van der Waals surface area (Å²) in [6, 6.07) is 14.9. The molecule has 180 valence electrons. The summed E-state index contributed by atoms with van der Waals surface area (Å²) in [4.78, 5) is 2.41. The van der Waals surface area contributed by atoms with Crippen molar-refractivity contribution in [3.63, 3.8) is 0 Å². The molecule has 2 aromatic carbocycles. The molecule has 0 aliphatic carbocycles. The van der Waals surface area contributed by atoms with E-state index in [1.165, 1.54) is 22.4 Å². The van der Waals surface area contributed by atoms with Crippen LogP contribution in [0.1, 0.15) is 48.9 Å². The smallest absolute Gasteiger partial charge is 0.130 e. The summed E-state index contributed by atoms with van der Waals surface area (Å²) in [7, 11) is 0. The predicted molar refractivity (Wildman–Crippen MR) is 142 cm³/mol. The van der Waals surface area contributed by atoms with E-state index in [0.717, 1.165) is 36.9 Å². The maximum absolute atomic E-state index is 7.76. The second-order valence-electron chi connectivity index (χ2n) is 8.40. The number of anilines is 1. The normalized spacial score (nSPS) is 16.0. The van der Waals surface area contributed by atoms with E-state index in [-0.39, 0.29) is 12.1 Å². The summed E-state index contributed by atoms with van der Waals surface area (Å²) in [5.41, 5.74) is 12.9. The second-order valence-corrected chi connectivity index (χ2v) is 8.40. The lowest BCUT2D eigenvalue weighted by molar-refractivity contribution is 0.0526. The molecule has 5 nitrogen and oxygen atoms in total. The molecule has 0 radical (unpaired) electrons. The third kappa shape index (κ3) is 6.04. The van der Waals surface area contributed by atoms with Crippen molar-refractivity contribution in [2.75, 3.05) is 18.1 Å². The van der Waals surface area contributed by atoms with E-state index in [9.17, 15) is 0 Å². The lowest BCUT2D eigenvalue weighted by atomic mass is 9.96. The molecule has 5 heteroatoms. The summed E-state index contributed by atoms with van der Waals surface area (Å²) in [5, 5.41) is 7.76. The summed E-state index contributed by atoms with van der Waals surface area (Å²) in [6.45, 7) is 14.5. The molecule has 34 heavy (non-hydrogen) atoms. The largest absolute Gasteiger partial charge is 0.384 e. The SMILES string of the molecule is C=C/C=C(\C(=C)C(=N)N)c1ccc(CN2c3c(cccc3COCC)CCCC2OCC)cc1. The van der Waals surface area contributed by atoms with Crippen molar-refractivity contribution in [2.45, 2.75) is 52.5 Å². The van der Waals surface area contributed by atoms with E-state index in [2.05, 4.69) is 67.4 Å². The summed E-state index contributed by atoms with van der Waals surface area (Å²) in [6.07, 6.45) is 6.67. The lowest BCUT2D eigenvalue weighted by Gasteiger charge is -2.34. The number of hydrogen-bond acceptors (Lipinski definition) is 4. The molecule has 0 bridgehead atoms. The molecule has 1 unspecified atom stereocenters. The van der Waals surface area contributed by atoms with Gasteiger partial charge in [0.15, 0.2) is 0 Å². The van der Waals surface area contributed by atoms with Gasteiger partial charge in [0, 0.05) is 36.6 Å². The Morgan fingerprint density at radius 3 is 2.59 bits per heavy atom. The van der Waals surface area contributed by atoms with Crippen LogP contribution in [0.25, 0.3) is 5.57 Å². The molecule has 1 aliphatic rings. The molecule has 0 aromatic heterocycles. The van der Waals surface area contributed by atoms with Gasteiger partial charge in [0.2, 0.25) is 0 Å². The fourth-order valence-corrected chi connectivity index (χ4v) is 4.48. The number of nitrogens with two attached hydrogens (primary N) is 1. The van der Waals surface area contributed by atoms with Crippen molar-refractivity contribution in [1.29, 1.82) is 5.41 Å². The van der Waals surface area contributed by atoms with Gasteiger partial charge in [-0.15, -0.1) is 0 Å². The van der Waals surface area contributed by atoms with Crippen LogP contribution in [0.3, 0.4) is 0 Å². The zero-order valence-corrected chi connectivity index (χ0v) is 20.5. The third-order valence-corrected chi connectivity index (χ3v) is 6.11. The Labute approximate surface area is 204 Å². The highest BCUT2D eigenvalue weighted by atomic mass is 16.5. The van der Waals surface area contributed by atoms with Gasteiger partial charge in [-0.05, 0) is 55.4 Å². The standard InChI is InChI=1S/C29H37N3O2/c1-5-10-26(21(4)29(30)31)23-17-15-22(16-18-23)19-32-27(34-7-3)14-9-12-24-11-8-13-25(28(24)32)20-33-6-2/h5,8,10-11,13,15-18,27H,1,4,6-7,9,12,14,19-20H2,2-3H3,(H3,30,31)/b26-10+. The van der Waals surface area contributed by atoms with Crippen LogP contribution in [0.5, 0.6) is 0 Å². The Balaban J connectivity index is 1.96. The number of hydrogen-bond donors (Lipinski definition) is 2. The number of aryl methyl sites for hydroxylation is 1. The summed E-state index contributed by atoms with van der Waals surface area (Å²) in [5.74, 6) is -0.0419. The Bertz CT molecular complexity index is 1040. The summed E-state index contributed by atoms with van der Waals surface area (Å²) < 4.78 is 12.0. The third-order valence-electron chi connectivity index (χ3n) is 6.11. The highest BCUT2D eigenvalue weighted by molar-refractivity contribution is 6.09. The zero-order valence-electron chi connectivity index (χ0n) is 20.5. The number of benzene rings is 2. The molecule has 1 heterocycles. The van der Waals surface area contributed by atoms with Gasteiger partial charge in [0.05, 0.1) is 6.61 Å². The number of rotatable bonds is 11. The van der Waals surface area contributed by atoms with Crippen molar-refractivity contribution < 1.29 is 9.47 Å². The highest BCUT2D eigenvalue weighted by Gasteiger charge is 2.27. The molecule has 0 amide bonds. The van der Waals surface area contributed by atoms with Gasteiger partial charge in [-0.3, -0.25) is 5.41 Å². The minimum absolute atomic E-state index is 0.0161. The Hall–Kier alpha value is -3.15. The fraction of sp³-hybridized carbons (Fsp3) is 0.345. The maximum atomic E-state index is 7.76. The van der Waals surface area contributed by atoms with Crippen LogP contribution in [0.15, 0.2) is 73.3 Å². The van der Waals surface area contributed by atoms with Crippen molar-refractivity contribution in [3.05, 3.63) is 95.6 Å². The molecule has 0 saturated heterocycles. The zero-order chi connectivity index (χ0) is 24.5. The molecule has 3 rings (SSSR count). The number of allylic oxidation sites excluding steroid dienone is 2. The van der Waals surface area contributed by atoms with Crippen LogP contribution in [0, 0.1) is 5.41 Å². The minimum Gasteiger partial charge on any atom is -0.384 e. The van der Waals surface area contributed by atoms with E-state index < -0.39 is 0 Å².